The average molecular weight is 264 g/mol. The first kappa shape index (κ1) is 13.7. The number of nitrogens with two attached hydrogens (primary N) is 1. The molecule has 1 aliphatic rings. The second-order valence-corrected chi connectivity index (χ2v) is 5.04. The van der Waals surface area contributed by atoms with Gasteiger partial charge in [-0.25, -0.2) is 4.79 Å². The normalized spacial score (nSPS) is 23.2. The molecule has 1 fully saturated rings. The minimum Gasteiger partial charge on any atom is -0.465 e. The zero-order valence-electron chi connectivity index (χ0n) is 11.3. The van der Waals surface area contributed by atoms with Crippen molar-refractivity contribution in [2.45, 2.75) is 19.4 Å². The SMILES string of the molecule is COC(=O)c1ccc(N)c(N2CCC(C)C(O)C2)c1. The molecule has 3 N–H and O–H groups in total. The van der Waals surface area contributed by atoms with Crippen molar-refractivity contribution in [3.8, 4) is 0 Å². The van der Waals surface area contributed by atoms with Crippen LogP contribution in [0.15, 0.2) is 18.2 Å². The van der Waals surface area contributed by atoms with Crippen LogP contribution in [0.25, 0.3) is 0 Å². The Morgan fingerprint density at radius 2 is 2.26 bits per heavy atom. The van der Waals surface area contributed by atoms with Gasteiger partial charge in [-0.3, -0.25) is 0 Å². The molecular formula is C14H20N2O3. The molecule has 0 aliphatic carbocycles. The van der Waals surface area contributed by atoms with Crippen LogP contribution in [-0.4, -0.2) is 37.4 Å². The van der Waals surface area contributed by atoms with Gasteiger partial charge in [-0.1, -0.05) is 6.92 Å². The zero-order chi connectivity index (χ0) is 14.0. The van der Waals surface area contributed by atoms with Crippen molar-refractivity contribution in [3.05, 3.63) is 23.8 Å². The van der Waals surface area contributed by atoms with Crippen LogP contribution >= 0.6 is 0 Å². The molecule has 0 bridgehead atoms. The Hall–Kier alpha value is -1.75. The van der Waals surface area contributed by atoms with Gasteiger partial charge in [0.05, 0.1) is 30.2 Å². The van der Waals surface area contributed by atoms with Gasteiger partial charge in [0.1, 0.15) is 0 Å². The van der Waals surface area contributed by atoms with Crippen LogP contribution < -0.4 is 10.6 Å². The van der Waals surface area contributed by atoms with Crippen LogP contribution in [0.1, 0.15) is 23.7 Å². The molecule has 104 valence electrons. The molecule has 1 aromatic rings. The van der Waals surface area contributed by atoms with E-state index >= 15 is 0 Å². The summed E-state index contributed by atoms with van der Waals surface area (Å²) in [6.07, 6.45) is 0.540. The van der Waals surface area contributed by atoms with Gasteiger partial charge in [-0.2, -0.15) is 0 Å². The Balaban J connectivity index is 2.26. The molecule has 0 saturated carbocycles. The molecular weight excluding hydrogens is 244 g/mol. The number of β-amino-alcohol motifs (C(OH)–C–C–N with tert-alkyl or cyclic N) is 1. The van der Waals surface area contributed by atoms with Gasteiger partial charge in [-0.15, -0.1) is 0 Å². The average Bonchev–Trinajstić information content (AvgIpc) is 2.41. The molecule has 0 spiro atoms. The highest BCUT2D eigenvalue weighted by Crippen LogP contribution is 2.29. The molecule has 0 radical (unpaired) electrons. The van der Waals surface area contributed by atoms with Gasteiger partial charge < -0.3 is 20.5 Å². The first-order chi connectivity index (χ1) is 9.02. The van der Waals surface area contributed by atoms with E-state index in [1.54, 1.807) is 18.2 Å². The summed E-state index contributed by atoms with van der Waals surface area (Å²) in [5.41, 5.74) is 7.83. The highest BCUT2D eigenvalue weighted by atomic mass is 16.5. The quantitative estimate of drug-likeness (QED) is 0.621. The fraction of sp³-hybridized carbons (Fsp3) is 0.500. The number of rotatable bonds is 2. The maximum absolute atomic E-state index is 11.5. The van der Waals surface area contributed by atoms with Crippen LogP contribution in [0.5, 0.6) is 0 Å². The number of carbonyl (C=O) groups is 1. The van der Waals surface area contributed by atoms with Crippen molar-refractivity contribution >= 4 is 17.3 Å². The number of aliphatic hydroxyl groups excluding tert-OH is 1. The summed E-state index contributed by atoms with van der Waals surface area (Å²) in [5, 5.41) is 9.95. The molecule has 5 nitrogen and oxygen atoms in total. The lowest BCUT2D eigenvalue weighted by Gasteiger charge is -2.36. The maximum atomic E-state index is 11.5. The lowest BCUT2D eigenvalue weighted by Crippen LogP contribution is -2.43. The van der Waals surface area contributed by atoms with E-state index in [-0.39, 0.29) is 12.1 Å². The number of methoxy groups -OCH3 is 1. The summed E-state index contributed by atoms with van der Waals surface area (Å²) >= 11 is 0. The Labute approximate surface area is 113 Å². The van der Waals surface area contributed by atoms with E-state index in [0.717, 1.165) is 18.7 Å². The number of piperidine rings is 1. The van der Waals surface area contributed by atoms with E-state index < -0.39 is 0 Å². The summed E-state index contributed by atoms with van der Waals surface area (Å²) in [4.78, 5) is 13.6. The third kappa shape index (κ3) is 2.81. The number of nitrogens with zero attached hydrogens (tertiary/aromatic N) is 1. The monoisotopic (exact) mass is 264 g/mol. The highest BCUT2D eigenvalue weighted by Gasteiger charge is 2.25. The standard InChI is InChI=1S/C14H20N2O3/c1-9-5-6-16(8-13(9)17)12-7-10(14(18)19-2)3-4-11(12)15/h3-4,7,9,13,17H,5-6,8,15H2,1-2H3. The van der Waals surface area contributed by atoms with E-state index in [1.165, 1.54) is 7.11 Å². The van der Waals surface area contributed by atoms with Gasteiger partial charge >= 0.3 is 5.97 Å². The van der Waals surface area contributed by atoms with Crippen LogP contribution in [0.4, 0.5) is 11.4 Å². The lowest BCUT2D eigenvalue weighted by atomic mass is 9.95. The number of benzene rings is 1. The summed E-state index contributed by atoms with van der Waals surface area (Å²) < 4.78 is 4.71. The van der Waals surface area contributed by atoms with Crippen molar-refractivity contribution in [1.82, 2.24) is 0 Å². The topological polar surface area (TPSA) is 75.8 Å². The van der Waals surface area contributed by atoms with Crippen LogP contribution in [0.3, 0.4) is 0 Å². The third-order valence-electron chi connectivity index (χ3n) is 3.71. The predicted octanol–water partition coefficient (Wildman–Crippen LogP) is 1.26. The van der Waals surface area contributed by atoms with Gasteiger partial charge in [-0.05, 0) is 30.5 Å². The number of hydrogen-bond acceptors (Lipinski definition) is 5. The van der Waals surface area contributed by atoms with E-state index in [9.17, 15) is 9.90 Å². The molecule has 2 atom stereocenters. The number of carbonyl (C=O) groups excluding carboxylic acids is 1. The second-order valence-electron chi connectivity index (χ2n) is 5.04. The first-order valence-corrected chi connectivity index (χ1v) is 6.43. The van der Waals surface area contributed by atoms with Crippen molar-refractivity contribution in [2.75, 3.05) is 30.8 Å². The molecule has 19 heavy (non-hydrogen) atoms. The molecule has 1 saturated heterocycles. The Kier molecular flexibility index (Phi) is 3.95. The fourth-order valence-electron chi connectivity index (χ4n) is 2.33. The third-order valence-corrected chi connectivity index (χ3v) is 3.71. The maximum Gasteiger partial charge on any atom is 0.337 e. The molecule has 1 aliphatic heterocycles. The van der Waals surface area contributed by atoms with Crippen molar-refractivity contribution in [1.29, 1.82) is 0 Å². The number of hydrogen-bond donors (Lipinski definition) is 2. The number of esters is 1. The summed E-state index contributed by atoms with van der Waals surface area (Å²) in [7, 11) is 1.35. The number of aliphatic hydroxyl groups is 1. The van der Waals surface area contributed by atoms with Gasteiger partial charge in [0.25, 0.3) is 0 Å². The number of ether oxygens (including phenoxy) is 1. The van der Waals surface area contributed by atoms with Gasteiger partial charge in [0.2, 0.25) is 0 Å². The molecule has 0 amide bonds. The minimum absolute atomic E-state index is 0.293. The smallest absolute Gasteiger partial charge is 0.337 e. The second kappa shape index (κ2) is 5.48. The largest absolute Gasteiger partial charge is 0.465 e. The van der Waals surface area contributed by atoms with Crippen LogP contribution in [0, 0.1) is 5.92 Å². The summed E-state index contributed by atoms with van der Waals surface area (Å²) in [5.74, 6) is -0.0894. The molecule has 2 rings (SSSR count). The minimum atomic E-state index is -0.382. The highest BCUT2D eigenvalue weighted by molar-refractivity contribution is 5.92. The van der Waals surface area contributed by atoms with Crippen molar-refractivity contribution < 1.29 is 14.6 Å². The lowest BCUT2D eigenvalue weighted by molar-refractivity contribution is 0.0601. The summed E-state index contributed by atoms with van der Waals surface area (Å²) in [6.45, 7) is 3.40. The van der Waals surface area contributed by atoms with Gasteiger partial charge in [0.15, 0.2) is 0 Å². The molecule has 1 heterocycles. The predicted molar refractivity (Wildman–Crippen MR) is 74.2 cm³/mol. The van der Waals surface area contributed by atoms with Crippen LogP contribution in [0.2, 0.25) is 0 Å². The van der Waals surface area contributed by atoms with Gasteiger partial charge in [0, 0.05) is 13.1 Å². The molecule has 0 aromatic heterocycles. The van der Waals surface area contributed by atoms with E-state index in [4.69, 9.17) is 10.5 Å². The summed E-state index contributed by atoms with van der Waals surface area (Å²) in [6, 6.07) is 5.07. The first-order valence-electron chi connectivity index (χ1n) is 6.43. The zero-order valence-corrected chi connectivity index (χ0v) is 11.3. The van der Waals surface area contributed by atoms with E-state index in [2.05, 4.69) is 0 Å². The Bertz CT molecular complexity index is 476. The van der Waals surface area contributed by atoms with Crippen molar-refractivity contribution in [3.63, 3.8) is 0 Å². The molecule has 5 heteroatoms. The van der Waals surface area contributed by atoms with E-state index in [1.807, 2.05) is 11.8 Å². The fourth-order valence-corrected chi connectivity index (χ4v) is 2.33. The number of nitrogen functional groups attached to an aromatic ring is 1. The number of anilines is 2. The molecule has 1 aromatic carbocycles. The van der Waals surface area contributed by atoms with Crippen LogP contribution in [-0.2, 0) is 4.74 Å². The van der Waals surface area contributed by atoms with E-state index in [0.29, 0.717) is 23.7 Å². The molecule has 2 unspecified atom stereocenters. The Morgan fingerprint density at radius 3 is 2.89 bits per heavy atom. The Morgan fingerprint density at radius 1 is 1.53 bits per heavy atom. The van der Waals surface area contributed by atoms with Crippen molar-refractivity contribution in [2.24, 2.45) is 5.92 Å².